The van der Waals surface area contributed by atoms with E-state index >= 15 is 0 Å². The molecule has 2 aromatic rings. The summed E-state index contributed by atoms with van der Waals surface area (Å²) in [6.45, 7) is 6.73. The molecule has 0 aliphatic rings. The van der Waals surface area contributed by atoms with Crippen LogP contribution < -0.4 is 11.1 Å². The molecule has 2 rings (SSSR count). The van der Waals surface area contributed by atoms with Crippen molar-refractivity contribution in [2.45, 2.75) is 19.8 Å². The molecule has 23 heavy (non-hydrogen) atoms. The molecule has 0 unspecified atom stereocenters. The molecule has 0 bridgehead atoms. The van der Waals surface area contributed by atoms with E-state index in [1.54, 1.807) is 19.3 Å². The third-order valence-electron chi connectivity index (χ3n) is 3.75. The van der Waals surface area contributed by atoms with Crippen molar-refractivity contribution in [3.8, 4) is 0 Å². The van der Waals surface area contributed by atoms with Crippen molar-refractivity contribution in [3.63, 3.8) is 0 Å². The van der Waals surface area contributed by atoms with Crippen LogP contribution in [0.1, 0.15) is 39.7 Å². The molecule has 0 radical (unpaired) electrons. The van der Waals surface area contributed by atoms with Crippen LogP contribution in [0.4, 0.5) is 0 Å². The summed E-state index contributed by atoms with van der Waals surface area (Å²) in [4.78, 5) is 15.7. The first-order chi connectivity index (χ1) is 11.0. The lowest BCUT2D eigenvalue weighted by molar-refractivity contribution is 0.0958. The van der Waals surface area contributed by atoms with Gasteiger partial charge in [0.25, 0.3) is 5.91 Å². The predicted molar refractivity (Wildman–Crippen MR) is 94.3 cm³/mol. The molecule has 1 aromatic carbocycles. The summed E-state index contributed by atoms with van der Waals surface area (Å²) >= 11 is 0. The number of nitrogens with one attached hydrogen (secondary N) is 1. The lowest BCUT2D eigenvalue weighted by atomic mass is 9.94. The average Bonchev–Trinajstić information content (AvgIpc) is 2.56. The van der Waals surface area contributed by atoms with Crippen LogP contribution in [0.2, 0.25) is 0 Å². The van der Waals surface area contributed by atoms with Crippen molar-refractivity contribution in [1.29, 1.82) is 0 Å². The fourth-order valence-electron chi connectivity index (χ4n) is 2.51. The van der Waals surface area contributed by atoms with Crippen molar-refractivity contribution >= 4 is 11.5 Å². The Kier molecular flexibility index (Phi) is 5.66. The Morgan fingerprint density at radius 2 is 2.00 bits per heavy atom. The zero-order chi connectivity index (χ0) is 16.8. The van der Waals surface area contributed by atoms with Crippen LogP contribution in [0, 0.1) is 0 Å². The van der Waals surface area contributed by atoms with Gasteiger partial charge < -0.3 is 11.1 Å². The molecule has 1 heterocycles. The molecule has 0 spiro atoms. The van der Waals surface area contributed by atoms with Gasteiger partial charge in [-0.15, -0.1) is 0 Å². The number of allylic oxidation sites excluding steroid dienone is 1. The van der Waals surface area contributed by atoms with Gasteiger partial charge >= 0.3 is 0 Å². The van der Waals surface area contributed by atoms with E-state index in [4.69, 9.17) is 5.73 Å². The van der Waals surface area contributed by atoms with Gasteiger partial charge in [-0.25, -0.2) is 0 Å². The largest absolute Gasteiger partial charge is 0.354 e. The number of aromatic nitrogens is 1. The highest BCUT2D eigenvalue weighted by atomic mass is 16.1. The van der Waals surface area contributed by atoms with Gasteiger partial charge in [0, 0.05) is 13.2 Å². The van der Waals surface area contributed by atoms with E-state index in [0.29, 0.717) is 12.2 Å². The Bertz CT molecular complexity index is 705. The molecular weight excluding hydrogens is 286 g/mol. The smallest absolute Gasteiger partial charge is 0.269 e. The Morgan fingerprint density at radius 1 is 1.26 bits per heavy atom. The molecule has 1 aromatic heterocycles. The molecule has 3 N–H and O–H groups in total. The zero-order valence-corrected chi connectivity index (χ0v) is 13.7. The van der Waals surface area contributed by atoms with Crippen LogP contribution in [0.5, 0.6) is 0 Å². The SMILES string of the molecule is C=C(C)c1cc(CCN)ccc1Cc1ccc(C(=O)NC)nc1. The number of hydrogen-bond donors (Lipinski definition) is 2. The summed E-state index contributed by atoms with van der Waals surface area (Å²) in [5.41, 5.74) is 11.7. The molecular formula is C19H23N3O. The summed E-state index contributed by atoms with van der Waals surface area (Å²) in [7, 11) is 1.60. The van der Waals surface area contributed by atoms with Gasteiger partial charge in [0.1, 0.15) is 5.69 Å². The second kappa shape index (κ2) is 7.70. The second-order valence-electron chi connectivity index (χ2n) is 5.62. The van der Waals surface area contributed by atoms with Crippen molar-refractivity contribution in [3.05, 3.63) is 71.1 Å². The van der Waals surface area contributed by atoms with Crippen molar-refractivity contribution in [1.82, 2.24) is 10.3 Å². The molecule has 0 saturated carbocycles. The lowest BCUT2D eigenvalue weighted by Gasteiger charge is -2.12. The van der Waals surface area contributed by atoms with E-state index in [2.05, 4.69) is 35.1 Å². The summed E-state index contributed by atoms with van der Waals surface area (Å²) in [5.74, 6) is -0.176. The van der Waals surface area contributed by atoms with E-state index < -0.39 is 0 Å². The molecule has 120 valence electrons. The molecule has 0 aliphatic carbocycles. The predicted octanol–water partition coefficient (Wildman–Crippen LogP) is 2.57. The van der Waals surface area contributed by atoms with Gasteiger partial charge in [-0.1, -0.05) is 36.4 Å². The fourth-order valence-corrected chi connectivity index (χ4v) is 2.51. The number of carbonyl (C=O) groups excluding carboxylic acids is 1. The average molecular weight is 309 g/mol. The molecule has 4 heteroatoms. The van der Waals surface area contributed by atoms with Crippen molar-refractivity contribution in [2.75, 3.05) is 13.6 Å². The number of nitrogens with zero attached hydrogens (tertiary/aromatic N) is 1. The van der Waals surface area contributed by atoms with Crippen LogP contribution in [-0.2, 0) is 12.8 Å². The second-order valence-corrected chi connectivity index (χ2v) is 5.62. The number of pyridine rings is 1. The third kappa shape index (κ3) is 4.27. The maximum absolute atomic E-state index is 11.5. The monoisotopic (exact) mass is 309 g/mol. The maximum atomic E-state index is 11.5. The first kappa shape index (κ1) is 16.9. The van der Waals surface area contributed by atoms with Gasteiger partial charge in [0.2, 0.25) is 0 Å². The minimum atomic E-state index is -0.176. The Morgan fingerprint density at radius 3 is 2.57 bits per heavy atom. The summed E-state index contributed by atoms with van der Waals surface area (Å²) in [6.07, 6.45) is 3.37. The van der Waals surface area contributed by atoms with Gasteiger partial charge in [-0.05, 0) is 54.6 Å². The number of benzene rings is 1. The van der Waals surface area contributed by atoms with Gasteiger partial charge in [0.15, 0.2) is 0 Å². The van der Waals surface area contributed by atoms with E-state index in [9.17, 15) is 4.79 Å². The number of carbonyl (C=O) groups is 1. The summed E-state index contributed by atoms with van der Waals surface area (Å²) in [5, 5.41) is 2.57. The van der Waals surface area contributed by atoms with Crippen molar-refractivity contribution < 1.29 is 4.79 Å². The first-order valence-electron chi connectivity index (χ1n) is 7.70. The minimum Gasteiger partial charge on any atom is -0.354 e. The maximum Gasteiger partial charge on any atom is 0.269 e. The summed E-state index contributed by atoms with van der Waals surface area (Å²) in [6, 6.07) is 10.1. The van der Waals surface area contributed by atoms with Crippen LogP contribution >= 0.6 is 0 Å². The Balaban J connectivity index is 2.25. The molecule has 4 nitrogen and oxygen atoms in total. The fraction of sp³-hybridized carbons (Fsp3) is 0.263. The standard InChI is InChI=1S/C19H23N3O/c1-13(2)17-11-14(8-9-20)4-6-16(17)10-15-5-7-18(22-12-15)19(23)21-3/h4-7,11-12H,1,8-10,20H2,2-3H3,(H,21,23). The number of hydrogen-bond acceptors (Lipinski definition) is 3. The topological polar surface area (TPSA) is 68.0 Å². The Hall–Kier alpha value is -2.46. The number of nitrogens with two attached hydrogens (primary N) is 1. The van der Waals surface area contributed by atoms with Gasteiger partial charge in [-0.2, -0.15) is 0 Å². The highest BCUT2D eigenvalue weighted by molar-refractivity contribution is 5.91. The quantitative estimate of drug-likeness (QED) is 0.861. The zero-order valence-electron chi connectivity index (χ0n) is 13.7. The van der Waals surface area contributed by atoms with E-state index in [0.717, 1.165) is 29.5 Å². The normalized spacial score (nSPS) is 10.4. The van der Waals surface area contributed by atoms with Gasteiger partial charge in [0.05, 0.1) is 0 Å². The number of amides is 1. The first-order valence-corrected chi connectivity index (χ1v) is 7.70. The van der Waals surface area contributed by atoms with Gasteiger partial charge in [-0.3, -0.25) is 9.78 Å². The molecule has 0 atom stereocenters. The van der Waals surface area contributed by atoms with Crippen LogP contribution in [0.15, 0.2) is 43.1 Å². The molecule has 0 fully saturated rings. The third-order valence-corrected chi connectivity index (χ3v) is 3.75. The lowest BCUT2D eigenvalue weighted by Crippen LogP contribution is -2.19. The summed E-state index contributed by atoms with van der Waals surface area (Å²) < 4.78 is 0. The highest BCUT2D eigenvalue weighted by Crippen LogP contribution is 2.22. The van der Waals surface area contributed by atoms with E-state index in [1.165, 1.54) is 11.1 Å². The highest BCUT2D eigenvalue weighted by Gasteiger charge is 2.08. The van der Waals surface area contributed by atoms with Crippen LogP contribution in [0.3, 0.4) is 0 Å². The Labute approximate surface area is 137 Å². The minimum absolute atomic E-state index is 0.176. The van der Waals surface area contributed by atoms with E-state index in [1.807, 2.05) is 13.0 Å². The molecule has 0 aliphatic heterocycles. The van der Waals surface area contributed by atoms with Crippen LogP contribution in [0.25, 0.3) is 5.57 Å². The number of rotatable bonds is 6. The molecule has 1 amide bonds. The van der Waals surface area contributed by atoms with E-state index in [-0.39, 0.29) is 5.91 Å². The van der Waals surface area contributed by atoms with Crippen LogP contribution in [-0.4, -0.2) is 24.5 Å². The molecule has 0 saturated heterocycles. The van der Waals surface area contributed by atoms with Crippen molar-refractivity contribution in [2.24, 2.45) is 5.73 Å².